The standard InChI is InChI=1S/C19H26N2O6S2/c1-7-26-17(22)11-14-12-28-16-10-13(20(5)29(6,24)25)8-9-15(16)21(14)18(23)27-19(2,3)4/h8-11H,7,12H2,1-6H3. The number of nitrogens with zero attached hydrogens (tertiary/aromatic N) is 2. The van der Waals surface area contributed by atoms with Gasteiger partial charge in [0, 0.05) is 29.5 Å². The summed E-state index contributed by atoms with van der Waals surface area (Å²) in [6.45, 7) is 7.18. The Morgan fingerprint density at radius 1 is 1.31 bits per heavy atom. The fourth-order valence-electron chi connectivity index (χ4n) is 2.51. The molecule has 160 valence electrons. The minimum absolute atomic E-state index is 0.222. The van der Waals surface area contributed by atoms with Crippen molar-refractivity contribution in [3.05, 3.63) is 30.0 Å². The number of benzene rings is 1. The zero-order chi connectivity index (χ0) is 22.0. The Labute approximate surface area is 175 Å². The number of sulfonamides is 1. The van der Waals surface area contributed by atoms with E-state index in [4.69, 9.17) is 9.47 Å². The van der Waals surface area contributed by atoms with E-state index in [0.717, 1.165) is 10.6 Å². The van der Waals surface area contributed by atoms with Crippen molar-refractivity contribution in [2.45, 2.75) is 38.2 Å². The van der Waals surface area contributed by atoms with Crippen LogP contribution in [0.4, 0.5) is 16.2 Å². The summed E-state index contributed by atoms with van der Waals surface area (Å²) in [6.07, 6.45) is 1.77. The predicted molar refractivity (Wildman–Crippen MR) is 114 cm³/mol. The van der Waals surface area contributed by atoms with Gasteiger partial charge in [0.25, 0.3) is 0 Å². The maximum absolute atomic E-state index is 12.9. The van der Waals surface area contributed by atoms with Crippen molar-refractivity contribution < 1.29 is 27.5 Å². The van der Waals surface area contributed by atoms with Gasteiger partial charge < -0.3 is 9.47 Å². The van der Waals surface area contributed by atoms with E-state index >= 15 is 0 Å². The van der Waals surface area contributed by atoms with E-state index in [1.807, 2.05) is 0 Å². The summed E-state index contributed by atoms with van der Waals surface area (Å²) in [5.74, 6) is -0.231. The van der Waals surface area contributed by atoms with Gasteiger partial charge in [-0.25, -0.2) is 22.9 Å². The highest BCUT2D eigenvalue weighted by atomic mass is 32.2. The molecule has 8 nitrogen and oxygen atoms in total. The van der Waals surface area contributed by atoms with Gasteiger partial charge in [-0.2, -0.15) is 0 Å². The van der Waals surface area contributed by atoms with Gasteiger partial charge in [-0.15, -0.1) is 11.8 Å². The van der Waals surface area contributed by atoms with E-state index in [-0.39, 0.29) is 6.61 Å². The van der Waals surface area contributed by atoms with Crippen molar-refractivity contribution >= 4 is 45.2 Å². The molecule has 1 aliphatic heterocycles. The SMILES string of the molecule is CCOC(=O)C=C1CSc2cc(N(C)S(C)(=O)=O)ccc2N1C(=O)OC(C)(C)C. The van der Waals surface area contributed by atoms with E-state index in [2.05, 4.69) is 0 Å². The van der Waals surface area contributed by atoms with Crippen LogP contribution >= 0.6 is 11.8 Å². The summed E-state index contributed by atoms with van der Waals surface area (Å²) >= 11 is 1.39. The largest absolute Gasteiger partial charge is 0.463 e. The lowest BCUT2D eigenvalue weighted by Crippen LogP contribution is -2.39. The zero-order valence-corrected chi connectivity index (χ0v) is 19.0. The minimum atomic E-state index is -3.42. The average Bonchev–Trinajstić information content (AvgIpc) is 2.58. The van der Waals surface area contributed by atoms with Gasteiger partial charge in [-0.3, -0.25) is 4.31 Å². The fraction of sp³-hybridized carbons (Fsp3) is 0.474. The number of anilines is 2. The van der Waals surface area contributed by atoms with Gasteiger partial charge in [0.2, 0.25) is 10.0 Å². The summed E-state index contributed by atoms with van der Waals surface area (Å²) in [6, 6.07) is 4.94. The molecule has 0 spiro atoms. The predicted octanol–water partition coefficient (Wildman–Crippen LogP) is 3.38. The third-order valence-corrected chi connectivity index (χ3v) is 6.14. The van der Waals surface area contributed by atoms with Crippen LogP contribution in [-0.2, 0) is 24.3 Å². The highest BCUT2D eigenvalue weighted by molar-refractivity contribution is 7.99. The Kier molecular flexibility index (Phi) is 6.89. The third kappa shape index (κ3) is 5.89. The Bertz CT molecular complexity index is 935. The molecule has 0 unspecified atom stereocenters. The monoisotopic (exact) mass is 442 g/mol. The molecule has 29 heavy (non-hydrogen) atoms. The second-order valence-corrected chi connectivity index (χ2v) is 10.4. The van der Waals surface area contributed by atoms with Crippen LogP contribution in [0.15, 0.2) is 34.9 Å². The van der Waals surface area contributed by atoms with Crippen LogP contribution in [0.3, 0.4) is 0 Å². The molecule has 0 atom stereocenters. The molecule has 1 heterocycles. The van der Waals surface area contributed by atoms with Gasteiger partial charge in [0.05, 0.1) is 24.2 Å². The first-order valence-corrected chi connectivity index (χ1v) is 11.8. The van der Waals surface area contributed by atoms with Crippen LogP contribution < -0.4 is 9.21 Å². The Hall–Kier alpha value is -2.20. The molecule has 1 aromatic rings. The Morgan fingerprint density at radius 3 is 2.52 bits per heavy atom. The Morgan fingerprint density at radius 2 is 1.97 bits per heavy atom. The smallest absolute Gasteiger partial charge is 0.419 e. The van der Waals surface area contributed by atoms with Crippen molar-refractivity contribution in [2.24, 2.45) is 0 Å². The van der Waals surface area contributed by atoms with E-state index in [1.54, 1.807) is 45.9 Å². The van der Waals surface area contributed by atoms with E-state index in [1.165, 1.54) is 29.8 Å². The number of hydrogen-bond acceptors (Lipinski definition) is 7. The molecule has 0 radical (unpaired) electrons. The number of thioether (sulfide) groups is 1. The Balaban J connectivity index is 2.51. The molecule has 0 aromatic heterocycles. The molecular weight excluding hydrogens is 416 g/mol. The maximum atomic E-state index is 12.9. The molecule has 0 fully saturated rings. The number of rotatable bonds is 4. The first-order chi connectivity index (χ1) is 13.3. The summed E-state index contributed by atoms with van der Waals surface area (Å²) in [4.78, 5) is 26.9. The lowest BCUT2D eigenvalue weighted by Gasteiger charge is -2.33. The van der Waals surface area contributed by atoms with Gasteiger partial charge in [-0.05, 0) is 45.9 Å². The summed E-state index contributed by atoms with van der Waals surface area (Å²) < 4.78 is 35.3. The molecule has 0 saturated heterocycles. The van der Waals surface area contributed by atoms with Crippen molar-refractivity contribution in [3.8, 4) is 0 Å². The van der Waals surface area contributed by atoms with Crippen LogP contribution in [0.25, 0.3) is 0 Å². The molecule has 0 aliphatic carbocycles. The van der Waals surface area contributed by atoms with Crippen LogP contribution in [0.2, 0.25) is 0 Å². The lowest BCUT2D eigenvalue weighted by molar-refractivity contribution is -0.137. The summed E-state index contributed by atoms with van der Waals surface area (Å²) in [5.41, 5.74) is 0.685. The lowest BCUT2D eigenvalue weighted by atomic mass is 10.2. The van der Waals surface area contributed by atoms with Crippen LogP contribution in [0, 0.1) is 0 Å². The number of carbonyl (C=O) groups is 2. The van der Waals surface area contributed by atoms with Gasteiger partial charge in [0.1, 0.15) is 5.60 Å². The van der Waals surface area contributed by atoms with Gasteiger partial charge in [-0.1, -0.05) is 0 Å². The van der Waals surface area contributed by atoms with E-state index in [9.17, 15) is 18.0 Å². The number of hydrogen-bond donors (Lipinski definition) is 0. The fourth-order valence-corrected chi connectivity index (χ4v) is 4.03. The van der Waals surface area contributed by atoms with Crippen molar-refractivity contribution in [1.29, 1.82) is 0 Å². The zero-order valence-electron chi connectivity index (χ0n) is 17.4. The van der Waals surface area contributed by atoms with Crippen molar-refractivity contribution in [2.75, 3.05) is 34.9 Å². The number of ether oxygens (including phenoxy) is 2. The van der Waals surface area contributed by atoms with Crippen LogP contribution in [0.1, 0.15) is 27.7 Å². The minimum Gasteiger partial charge on any atom is -0.463 e. The molecule has 0 N–H and O–H groups in total. The molecular formula is C19H26N2O6S2. The molecule has 0 bridgehead atoms. The molecule has 0 saturated carbocycles. The van der Waals surface area contributed by atoms with E-state index < -0.39 is 27.7 Å². The number of amides is 1. The van der Waals surface area contributed by atoms with Gasteiger partial charge in [0.15, 0.2) is 0 Å². The number of carbonyl (C=O) groups excluding carboxylic acids is 2. The highest BCUT2D eigenvalue weighted by Gasteiger charge is 2.32. The summed E-state index contributed by atoms with van der Waals surface area (Å²) in [5, 5.41) is 0. The normalized spacial score (nSPS) is 15.7. The first-order valence-electron chi connectivity index (χ1n) is 8.94. The van der Waals surface area contributed by atoms with Gasteiger partial charge >= 0.3 is 12.1 Å². The van der Waals surface area contributed by atoms with Crippen LogP contribution in [0.5, 0.6) is 0 Å². The quantitative estimate of drug-likeness (QED) is 0.521. The second kappa shape index (κ2) is 8.66. The third-order valence-electron chi connectivity index (χ3n) is 3.86. The average molecular weight is 443 g/mol. The molecule has 10 heteroatoms. The molecule has 1 aliphatic rings. The van der Waals surface area contributed by atoms with E-state index in [0.29, 0.717) is 27.7 Å². The highest BCUT2D eigenvalue weighted by Crippen LogP contribution is 2.42. The molecule has 2 rings (SSSR count). The maximum Gasteiger partial charge on any atom is 0.419 e. The first kappa shape index (κ1) is 23.1. The molecule has 1 aromatic carbocycles. The topological polar surface area (TPSA) is 93.2 Å². The number of esters is 1. The summed E-state index contributed by atoms with van der Waals surface area (Å²) in [7, 11) is -1.96. The van der Waals surface area contributed by atoms with Crippen molar-refractivity contribution in [1.82, 2.24) is 0 Å². The number of fused-ring (bicyclic) bond motifs is 1. The molecule has 1 amide bonds. The van der Waals surface area contributed by atoms with Crippen molar-refractivity contribution in [3.63, 3.8) is 0 Å². The second-order valence-electron chi connectivity index (χ2n) is 7.37. The van der Waals surface area contributed by atoms with Crippen LogP contribution in [-0.4, -0.2) is 51.7 Å².